The number of nitrogens with two attached hydrogens (primary N) is 1. The van der Waals surface area contributed by atoms with E-state index in [1.807, 2.05) is 0 Å². The summed E-state index contributed by atoms with van der Waals surface area (Å²) in [6.07, 6.45) is 26.0. The summed E-state index contributed by atoms with van der Waals surface area (Å²) in [6.45, 7) is 5.94. The van der Waals surface area contributed by atoms with Gasteiger partial charge in [-0.3, -0.25) is 23.2 Å². The van der Waals surface area contributed by atoms with Gasteiger partial charge in [0.1, 0.15) is 6.61 Å². The number of phosphoric acid groups is 1. The van der Waals surface area contributed by atoms with E-state index < -0.39 is 19.9 Å². The lowest BCUT2D eigenvalue weighted by molar-refractivity contribution is -0.161. The quantitative estimate of drug-likeness (QED) is 0.0401. The third kappa shape index (κ3) is 30.1. The average Bonchev–Trinajstić information content (AvgIpc) is 3.03. The molecule has 0 spiro atoms. The van der Waals surface area contributed by atoms with Gasteiger partial charge in [0.05, 0.1) is 19.8 Å². The predicted molar refractivity (Wildman–Crippen MR) is 183 cm³/mol. The van der Waals surface area contributed by atoms with E-state index >= 15 is 0 Å². The molecule has 2 N–H and O–H groups in total. The molecule has 10 heteroatoms. The minimum Gasteiger partial charge on any atom is -0.462 e. The Hall–Kier alpha value is -0.990. The van der Waals surface area contributed by atoms with E-state index in [1.54, 1.807) is 6.92 Å². The number of unbranched alkanes of at least 4 members (excludes halogenated alkanes) is 20. The van der Waals surface area contributed by atoms with Crippen molar-refractivity contribution in [3.05, 3.63) is 0 Å². The number of carbonyl (C=O) groups excluding carboxylic acids is 2. The fraction of sp³-hybridized carbons (Fsp3) is 0.943. The fourth-order valence-corrected chi connectivity index (χ4v) is 6.31. The number of esters is 2. The van der Waals surface area contributed by atoms with E-state index in [9.17, 15) is 14.2 Å². The molecular formula is C35H70NO8P. The maximum atomic E-state index is 12.8. The van der Waals surface area contributed by atoms with Crippen molar-refractivity contribution < 1.29 is 37.2 Å². The van der Waals surface area contributed by atoms with Crippen molar-refractivity contribution in [3.63, 3.8) is 0 Å². The van der Waals surface area contributed by atoms with E-state index in [0.717, 1.165) is 38.5 Å². The number of phosphoric ester groups is 1. The summed E-state index contributed by atoms with van der Waals surface area (Å²) in [5.74, 6) is -0.736. The minimum absolute atomic E-state index is 0.00542. The summed E-state index contributed by atoms with van der Waals surface area (Å²) in [7, 11) is -3.88. The highest BCUT2D eigenvalue weighted by Crippen LogP contribution is 2.49. The van der Waals surface area contributed by atoms with Crippen LogP contribution >= 0.6 is 7.82 Å². The van der Waals surface area contributed by atoms with Gasteiger partial charge in [0, 0.05) is 19.4 Å². The Balaban J connectivity index is 4.45. The maximum Gasteiger partial charge on any atom is 0.474 e. The Bertz CT molecular complexity index is 724. The molecule has 0 amide bonds. The Kier molecular flexibility index (Phi) is 32.2. The number of hydrogen-bond donors (Lipinski definition) is 1. The standard InChI is InChI=1S/C35H70NO8P/c1-4-7-9-11-13-15-17-19-21-23-25-27-34(37)40-31-33(32-43-45(39,41-6-3)42-30-29-36)44-35(38)28-26-24-22-20-18-16-14-12-10-8-5-2/h33H,4-32,36H2,1-3H3. The highest BCUT2D eigenvalue weighted by molar-refractivity contribution is 7.48. The van der Waals surface area contributed by atoms with Crippen LogP contribution in [0.4, 0.5) is 0 Å². The van der Waals surface area contributed by atoms with Crippen molar-refractivity contribution in [3.8, 4) is 0 Å². The molecule has 0 aromatic carbocycles. The molecule has 2 unspecified atom stereocenters. The van der Waals surface area contributed by atoms with Gasteiger partial charge < -0.3 is 15.2 Å². The van der Waals surface area contributed by atoms with E-state index in [2.05, 4.69) is 13.8 Å². The van der Waals surface area contributed by atoms with Gasteiger partial charge in [-0.05, 0) is 19.8 Å². The van der Waals surface area contributed by atoms with Crippen LogP contribution in [0.1, 0.15) is 175 Å². The molecule has 0 bridgehead atoms. The van der Waals surface area contributed by atoms with Crippen molar-refractivity contribution >= 4 is 19.8 Å². The first kappa shape index (κ1) is 44.0. The molecule has 0 saturated carbocycles. The summed E-state index contributed by atoms with van der Waals surface area (Å²) in [4.78, 5) is 25.0. The highest BCUT2D eigenvalue weighted by Gasteiger charge is 2.29. The second-order valence-corrected chi connectivity index (χ2v) is 13.8. The molecule has 9 nitrogen and oxygen atoms in total. The smallest absolute Gasteiger partial charge is 0.462 e. The number of carbonyl (C=O) groups is 2. The highest BCUT2D eigenvalue weighted by atomic mass is 31.2. The topological polar surface area (TPSA) is 123 Å². The molecule has 268 valence electrons. The molecule has 0 aromatic rings. The summed E-state index contributed by atoms with van der Waals surface area (Å²) in [6, 6.07) is 0. The van der Waals surface area contributed by atoms with Crippen LogP contribution in [0.2, 0.25) is 0 Å². The van der Waals surface area contributed by atoms with Crippen LogP contribution in [0.5, 0.6) is 0 Å². The van der Waals surface area contributed by atoms with Crippen molar-refractivity contribution in [1.82, 2.24) is 0 Å². The molecule has 45 heavy (non-hydrogen) atoms. The number of hydrogen-bond acceptors (Lipinski definition) is 9. The first-order chi connectivity index (χ1) is 21.9. The molecule has 0 fully saturated rings. The molecule has 0 aliphatic heterocycles. The lowest BCUT2D eigenvalue weighted by Gasteiger charge is -2.22. The van der Waals surface area contributed by atoms with E-state index in [-0.39, 0.29) is 45.4 Å². The second kappa shape index (κ2) is 32.9. The average molecular weight is 664 g/mol. The van der Waals surface area contributed by atoms with Crippen LogP contribution in [-0.2, 0) is 37.2 Å². The number of rotatable bonds is 35. The molecular weight excluding hydrogens is 593 g/mol. The first-order valence-corrected chi connectivity index (χ1v) is 20.0. The van der Waals surface area contributed by atoms with Gasteiger partial charge in [-0.15, -0.1) is 0 Å². The third-order valence-electron chi connectivity index (χ3n) is 7.77. The summed E-state index contributed by atoms with van der Waals surface area (Å²) in [5.41, 5.74) is 5.47. The summed E-state index contributed by atoms with van der Waals surface area (Å²) >= 11 is 0. The normalized spacial score (nSPS) is 13.4. The Labute approximate surface area is 276 Å². The largest absolute Gasteiger partial charge is 0.474 e. The van der Waals surface area contributed by atoms with Crippen molar-refractivity contribution in [2.45, 2.75) is 181 Å². The predicted octanol–water partition coefficient (Wildman–Crippen LogP) is 9.98. The van der Waals surface area contributed by atoms with Crippen LogP contribution < -0.4 is 5.73 Å². The molecule has 2 atom stereocenters. The molecule has 0 saturated heterocycles. The molecule has 0 radical (unpaired) electrons. The minimum atomic E-state index is -3.88. The van der Waals surface area contributed by atoms with Crippen LogP contribution in [0.15, 0.2) is 0 Å². The van der Waals surface area contributed by atoms with Crippen LogP contribution in [0, 0.1) is 0 Å². The molecule has 0 aliphatic rings. The Morgan fingerprint density at radius 1 is 0.556 bits per heavy atom. The molecule has 0 aliphatic carbocycles. The van der Waals surface area contributed by atoms with Crippen molar-refractivity contribution in [2.24, 2.45) is 5.73 Å². The first-order valence-electron chi connectivity index (χ1n) is 18.5. The zero-order valence-corrected chi connectivity index (χ0v) is 30.3. The number of ether oxygens (including phenoxy) is 2. The summed E-state index contributed by atoms with van der Waals surface area (Å²) in [5, 5.41) is 0. The third-order valence-corrected chi connectivity index (χ3v) is 9.31. The van der Waals surface area contributed by atoms with Gasteiger partial charge in [-0.25, -0.2) is 4.57 Å². The SMILES string of the molecule is CCCCCCCCCCCCCC(=O)OCC(COP(=O)(OCC)OCCN)OC(=O)CCCCCCCCCCCCC. The monoisotopic (exact) mass is 663 g/mol. The summed E-state index contributed by atoms with van der Waals surface area (Å²) < 4.78 is 39.7. The van der Waals surface area contributed by atoms with E-state index in [4.69, 9.17) is 28.8 Å². The lowest BCUT2D eigenvalue weighted by Crippen LogP contribution is -2.29. The van der Waals surface area contributed by atoms with Gasteiger partial charge in [-0.2, -0.15) is 0 Å². The second-order valence-electron chi connectivity index (χ2n) is 12.1. The zero-order valence-electron chi connectivity index (χ0n) is 29.4. The van der Waals surface area contributed by atoms with Gasteiger partial charge in [0.2, 0.25) is 0 Å². The maximum absolute atomic E-state index is 12.8. The van der Waals surface area contributed by atoms with E-state index in [0.29, 0.717) is 6.42 Å². The Morgan fingerprint density at radius 3 is 1.40 bits per heavy atom. The van der Waals surface area contributed by atoms with Gasteiger partial charge in [0.15, 0.2) is 6.10 Å². The van der Waals surface area contributed by atoms with Crippen LogP contribution in [0.3, 0.4) is 0 Å². The van der Waals surface area contributed by atoms with Gasteiger partial charge in [0.25, 0.3) is 0 Å². The van der Waals surface area contributed by atoms with Crippen LogP contribution in [-0.4, -0.2) is 51.0 Å². The Morgan fingerprint density at radius 2 is 0.978 bits per heavy atom. The zero-order chi connectivity index (χ0) is 33.3. The lowest BCUT2D eigenvalue weighted by atomic mass is 10.1. The fourth-order valence-electron chi connectivity index (χ4n) is 5.09. The van der Waals surface area contributed by atoms with Crippen LogP contribution in [0.25, 0.3) is 0 Å². The van der Waals surface area contributed by atoms with Gasteiger partial charge in [-0.1, -0.05) is 142 Å². The van der Waals surface area contributed by atoms with Crippen molar-refractivity contribution in [1.29, 1.82) is 0 Å². The van der Waals surface area contributed by atoms with E-state index in [1.165, 1.54) is 103 Å². The molecule has 0 heterocycles. The molecule has 0 aromatic heterocycles. The van der Waals surface area contributed by atoms with Gasteiger partial charge >= 0.3 is 19.8 Å². The van der Waals surface area contributed by atoms with Crippen molar-refractivity contribution in [2.75, 3.05) is 33.0 Å². The molecule has 0 rings (SSSR count).